The van der Waals surface area contributed by atoms with Gasteiger partial charge in [0.2, 0.25) is 0 Å². The lowest BCUT2D eigenvalue weighted by Gasteiger charge is -2.43. The Labute approximate surface area is 161 Å². The minimum atomic E-state index is 0.635. The van der Waals surface area contributed by atoms with Crippen molar-refractivity contribution < 1.29 is 0 Å². The van der Waals surface area contributed by atoms with E-state index in [0.29, 0.717) is 11.5 Å². The molecule has 0 aromatic heterocycles. The number of anilines is 1. The summed E-state index contributed by atoms with van der Waals surface area (Å²) in [6.45, 7) is 10.9. The van der Waals surface area contributed by atoms with Crippen LogP contribution in [0.3, 0.4) is 0 Å². The first kappa shape index (κ1) is 18.3. The second kappa shape index (κ2) is 7.54. The third-order valence-electron chi connectivity index (χ3n) is 7.96. The van der Waals surface area contributed by atoms with Crippen molar-refractivity contribution in [2.24, 2.45) is 5.41 Å². The van der Waals surface area contributed by atoms with Gasteiger partial charge in [0.05, 0.1) is 0 Å². The number of piperazine rings is 1. The van der Waals surface area contributed by atoms with Gasteiger partial charge in [-0.2, -0.15) is 0 Å². The molecule has 0 spiro atoms. The molecule has 2 nitrogen and oxygen atoms in total. The van der Waals surface area contributed by atoms with Crippen LogP contribution in [-0.2, 0) is 0 Å². The van der Waals surface area contributed by atoms with E-state index in [1.807, 2.05) is 0 Å². The van der Waals surface area contributed by atoms with E-state index in [1.165, 1.54) is 71.0 Å². The largest absolute Gasteiger partial charge is 0.368 e. The highest BCUT2D eigenvalue weighted by atomic mass is 15.3. The molecule has 1 atom stereocenters. The van der Waals surface area contributed by atoms with Crippen molar-refractivity contribution in [2.75, 3.05) is 24.5 Å². The third kappa shape index (κ3) is 3.54. The zero-order chi connectivity index (χ0) is 18.1. The summed E-state index contributed by atoms with van der Waals surface area (Å²) in [6.07, 6.45) is 11.2. The van der Waals surface area contributed by atoms with Crippen molar-refractivity contribution in [1.29, 1.82) is 0 Å². The summed E-state index contributed by atoms with van der Waals surface area (Å²) in [5, 5.41) is 0. The van der Waals surface area contributed by atoms with Crippen molar-refractivity contribution in [2.45, 2.75) is 90.1 Å². The average Bonchev–Trinajstić information content (AvgIpc) is 3.53. The zero-order valence-corrected chi connectivity index (χ0v) is 17.2. The van der Waals surface area contributed by atoms with Crippen LogP contribution in [0, 0.1) is 5.41 Å². The van der Waals surface area contributed by atoms with Crippen LogP contribution in [-0.4, -0.2) is 36.6 Å². The summed E-state index contributed by atoms with van der Waals surface area (Å²) in [5.74, 6) is 0.772. The molecule has 0 amide bonds. The van der Waals surface area contributed by atoms with Gasteiger partial charge in [0, 0.05) is 37.4 Å². The minimum absolute atomic E-state index is 0.635. The van der Waals surface area contributed by atoms with Gasteiger partial charge >= 0.3 is 0 Å². The Morgan fingerprint density at radius 3 is 2.27 bits per heavy atom. The highest BCUT2D eigenvalue weighted by Crippen LogP contribution is 2.48. The molecule has 0 N–H and O–H groups in total. The number of nitrogens with zero attached hydrogens (tertiary/aromatic N) is 2. The maximum absolute atomic E-state index is 2.76. The van der Waals surface area contributed by atoms with Crippen LogP contribution < -0.4 is 4.90 Å². The lowest BCUT2D eigenvalue weighted by molar-refractivity contribution is 0.159. The van der Waals surface area contributed by atoms with Gasteiger partial charge in [-0.3, -0.25) is 4.90 Å². The summed E-state index contributed by atoms with van der Waals surface area (Å²) in [5.41, 5.74) is 3.82. The van der Waals surface area contributed by atoms with Crippen LogP contribution in [0.25, 0.3) is 0 Å². The molecule has 144 valence electrons. The Morgan fingerprint density at radius 1 is 0.962 bits per heavy atom. The molecular formula is C24H38N2. The molecule has 2 aliphatic carbocycles. The molecule has 4 rings (SSSR count). The summed E-state index contributed by atoms with van der Waals surface area (Å²) < 4.78 is 0. The lowest BCUT2D eigenvalue weighted by Crippen LogP contribution is -2.53. The first-order valence-corrected chi connectivity index (χ1v) is 11.3. The molecule has 2 heteroatoms. The van der Waals surface area contributed by atoms with Crippen molar-refractivity contribution in [3.63, 3.8) is 0 Å². The van der Waals surface area contributed by atoms with E-state index in [9.17, 15) is 0 Å². The quantitative estimate of drug-likeness (QED) is 0.657. The van der Waals surface area contributed by atoms with Crippen molar-refractivity contribution in [3.8, 4) is 0 Å². The molecule has 0 radical (unpaired) electrons. The highest BCUT2D eigenvalue weighted by Gasteiger charge is 2.37. The highest BCUT2D eigenvalue weighted by molar-refractivity contribution is 5.56. The van der Waals surface area contributed by atoms with Crippen LogP contribution in [0.2, 0.25) is 0 Å². The van der Waals surface area contributed by atoms with Gasteiger partial charge in [-0.15, -0.1) is 0 Å². The van der Waals surface area contributed by atoms with Crippen molar-refractivity contribution in [1.82, 2.24) is 4.90 Å². The van der Waals surface area contributed by atoms with E-state index in [2.05, 4.69) is 54.8 Å². The molecule has 1 heterocycles. The van der Waals surface area contributed by atoms with Gasteiger partial charge in [-0.05, 0) is 68.4 Å². The van der Waals surface area contributed by atoms with E-state index in [4.69, 9.17) is 0 Å². The fourth-order valence-electron chi connectivity index (χ4n) is 5.76. The first-order valence-electron chi connectivity index (χ1n) is 11.3. The van der Waals surface area contributed by atoms with E-state index in [0.717, 1.165) is 12.0 Å². The predicted octanol–water partition coefficient (Wildman–Crippen LogP) is 5.82. The van der Waals surface area contributed by atoms with Crippen molar-refractivity contribution >= 4 is 5.69 Å². The maximum atomic E-state index is 2.76. The van der Waals surface area contributed by atoms with E-state index < -0.39 is 0 Å². The number of hydrogen-bond acceptors (Lipinski definition) is 2. The number of rotatable bonds is 5. The SMILES string of the molecule is CCC1(CC)CCC(c2ccccc2N2CCN(C3CC3)C(C)C2)CC1. The molecule has 1 aromatic carbocycles. The molecule has 1 aromatic rings. The summed E-state index contributed by atoms with van der Waals surface area (Å²) in [4.78, 5) is 5.46. The van der Waals surface area contributed by atoms with Crippen LogP contribution in [0.1, 0.15) is 83.6 Å². The van der Waals surface area contributed by atoms with Crippen LogP contribution in [0.5, 0.6) is 0 Å². The predicted molar refractivity (Wildman–Crippen MR) is 112 cm³/mol. The van der Waals surface area contributed by atoms with E-state index >= 15 is 0 Å². The van der Waals surface area contributed by atoms with E-state index in [1.54, 1.807) is 11.3 Å². The number of benzene rings is 1. The van der Waals surface area contributed by atoms with Crippen LogP contribution in [0.4, 0.5) is 5.69 Å². The van der Waals surface area contributed by atoms with Crippen molar-refractivity contribution in [3.05, 3.63) is 29.8 Å². The summed E-state index contributed by atoms with van der Waals surface area (Å²) in [6, 6.07) is 11.0. The summed E-state index contributed by atoms with van der Waals surface area (Å²) >= 11 is 0. The minimum Gasteiger partial charge on any atom is -0.368 e. The zero-order valence-electron chi connectivity index (χ0n) is 17.2. The van der Waals surface area contributed by atoms with Crippen LogP contribution in [0.15, 0.2) is 24.3 Å². The molecule has 2 saturated carbocycles. The normalized spacial score (nSPS) is 27.7. The second-order valence-corrected chi connectivity index (χ2v) is 9.30. The lowest BCUT2D eigenvalue weighted by atomic mass is 9.66. The third-order valence-corrected chi connectivity index (χ3v) is 7.96. The smallest absolute Gasteiger partial charge is 0.0402 e. The fourth-order valence-corrected chi connectivity index (χ4v) is 5.76. The number of para-hydroxylation sites is 1. The molecule has 26 heavy (non-hydrogen) atoms. The van der Waals surface area contributed by atoms with Gasteiger partial charge in [-0.25, -0.2) is 0 Å². The van der Waals surface area contributed by atoms with E-state index in [-0.39, 0.29) is 0 Å². The number of hydrogen-bond donors (Lipinski definition) is 0. The van der Waals surface area contributed by atoms with Crippen LogP contribution >= 0.6 is 0 Å². The monoisotopic (exact) mass is 354 g/mol. The average molecular weight is 355 g/mol. The van der Waals surface area contributed by atoms with Gasteiger partial charge < -0.3 is 4.90 Å². The standard InChI is InChI=1S/C24H38N2/c1-4-24(5-2)14-12-20(13-15-24)22-8-6-7-9-23(22)25-16-17-26(19(3)18-25)21-10-11-21/h6-9,19-21H,4-5,10-18H2,1-3H3. The van der Waals surface area contributed by atoms with Gasteiger partial charge in [0.15, 0.2) is 0 Å². The van der Waals surface area contributed by atoms with Gasteiger partial charge in [0.1, 0.15) is 0 Å². The topological polar surface area (TPSA) is 6.48 Å². The fraction of sp³-hybridized carbons (Fsp3) is 0.750. The molecular weight excluding hydrogens is 316 g/mol. The second-order valence-electron chi connectivity index (χ2n) is 9.30. The first-order chi connectivity index (χ1) is 12.7. The Balaban J connectivity index is 1.47. The van der Waals surface area contributed by atoms with Gasteiger partial charge in [0.25, 0.3) is 0 Å². The molecule has 3 aliphatic rings. The molecule has 0 bridgehead atoms. The summed E-state index contributed by atoms with van der Waals surface area (Å²) in [7, 11) is 0. The van der Waals surface area contributed by atoms with Gasteiger partial charge in [-0.1, -0.05) is 44.9 Å². The Hall–Kier alpha value is -1.02. The molecule has 3 fully saturated rings. The maximum Gasteiger partial charge on any atom is 0.0402 e. The molecule has 1 unspecified atom stereocenters. The molecule has 1 aliphatic heterocycles. The Morgan fingerprint density at radius 2 is 1.65 bits per heavy atom. The Bertz CT molecular complexity index is 592. The molecule has 1 saturated heterocycles. The Kier molecular flexibility index (Phi) is 5.32.